The van der Waals surface area contributed by atoms with Crippen LogP contribution in [0.2, 0.25) is 0 Å². The summed E-state index contributed by atoms with van der Waals surface area (Å²) in [5.74, 6) is 1.41. The van der Waals surface area contributed by atoms with Crippen LogP contribution in [-0.2, 0) is 20.8 Å². The molecule has 0 unspecified atom stereocenters. The Morgan fingerprint density at radius 1 is 1.35 bits per heavy atom. The Labute approximate surface area is 121 Å². The lowest BCUT2D eigenvalue weighted by molar-refractivity contribution is 0.415. The molecule has 0 saturated carbocycles. The number of nitrogens with two attached hydrogens (primary N) is 1. The SMILES string of the molecule is COc1cc(S(=O)(=O)NC2CCS(=O)CC2)ccc1N. The van der Waals surface area contributed by atoms with Gasteiger partial charge in [0.25, 0.3) is 0 Å². The molecule has 1 aromatic carbocycles. The number of nitrogen functional groups attached to an aromatic ring is 1. The van der Waals surface area contributed by atoms with Gasteiger partial charge in [0, 0.05) is 34.4 Å². The van der Waals surface area contributed by atoms with Gasteiger partial charge < -0.3 is 10.5 Å². The van der Waals surface area contributed by atoms with Gasteiger partial charge >= 0.3 is 0 Å². The number of nitrogens with one attached hydrogen (secondary N) is 1. The highest BCUT2D eigenvalue weighted by Gasteiger charge is 2.24. The second kappa shape index (κ2) is 6.11. The largest absolute Gasteiger partial charge is 0.495 e. The fourth-order valence-corrected chi connectivity index (χ4v) is 4.68. The van der Waals surface area contributed by atoms with E-state index in [4.69, 9.17) is 10.5 Å². The van der Waals surface area contributed by atoms with Gasteiger partial charge in [-0.15, -0.1) is 0 Å². The van der Waals surface area contributed by atoms with Gasteiger partial charge in [0.2, 0.25) is 10.0 Å². The molecule has 0 bridgehead atoms. The summed E-state index contributed by atoms with van der Waals surface area (Å²) in [5.41, 5.74) is 6.06. The van der Waals surface area contributed by atoms with Crippen LogP contribution >= 0.6 is 0 Å². The van der Waals surface area contributed by atoms with E-state index >= 15 is 0 Å². The third kappa shape index (κ3) is 3.50. The standard InChI is InChI=1S/C12H18N2O4S2/c1-18-12-8-10(2-3-11(12)13)20(16,17)14-9-4-6-19(15)7-5-9/h2-3,8-9,14H,4-7,13H2,1H3. The normalized spacial score (nSPS) is 23.4. The number of methoxy groups -OCH3 is 1. The van der Waals surface area contributed by atoms with Crippen molar-refractivity contribution >= 4 is 26.5 Å². The first kappa shape index (κ1) is 15.3. The van der Waals surface area contributed by atoms with Crippen LogP contribution in [0.3, 0.4) is 0 Å². The summed E-state index contributed by atoms with van der Waals surface area (Å²) in [4.78, 5) is 0.121. The molecule has 112 valence electrons. The summed E-state index contributed by atoms with van der Waals surface area (Å²) in [5, 5.41) is 0. The summed E-state index contributed by atoms with van der Waals surface area (Å²) in [7, 11) is -2.99. The maximum atomic E-state index is 12.3. The third-order valence-corrected chi connectivity index (χ3v) is 6.13. The molecule has 0 radical (unpaired) electrons. The first-order valence-electron chi connectivity index (χ1n) is 6.23. The zero-order chi connectivity index (χ0) is 14.8. The number of anilines is 1. The van der Waals surface area contributed by atoms with Gasteiger partial charge in [-0.3, -0.25) is 4.21 Å². The van der Waals surface area contributed by atoms with E-state index in [0.717, 1.165) is 0 Å². The van der Waals surface area contributed by atoms with Crippen molar-refractivity contribution in [1.82, 2.24) is 4.72 Å². The molecule has 6 nitrogen and oxygen atoms in total. The number of sulfonamides is 1. The molecule has 1 saturated heterocycles. The summed E-state index contributed by atoms with van der Waals surface area (Å²) >= 11 is 0. The third-order valence-electron chi connectivity index (χ3n) is 3.23. The van der Waals surface area contributed by atoms with Gasteiger partial charge in [-0.25, -0.2) is 13.1 Å². The molecular weight excluding hydrogens is 300 g/mol. The molecule has 8 heteroatoms. The lowest BCUT2D eigenvalue weighted by atomic mass is 10.2. The summed E-state index contributed by atoms with van der Waals surface area (Å²) in [6.07, 6.45) is 1.19. The minimum Gasteiger partial charge on any atom is -0.495 e. The molecule has 1 aliphatic heterocycles. The predicted octanol–water partition coefficient (Wildman–Crippen LogP) is 0.467. The van der Waals surface area contributed by atoms with Crippen LogP contribution in [0, 0.1) is 0 Å². The molecule has 0 amide bonds. The quantitative estimate of drug-likeness (QED) is 0.786. The van der Waals surface area contributed by atoms with Gasteiger partial charge in [-0.05, 0) is 25.0 Å². The molecule has 0 atom stereocenters. The van der Waals surface area contributed by atoms with E-state index in [1.165, 1.54) is 25.3 Å². The monoisotopic (exact) mass is 318 g/mol. The lowest BCUT2D eigenvalue weighted by Gasteiger charge is -2.22. The molecule has 2 rings (SSSR count). The van der Waals surface area contributed by atoms with Crippen LogP contribution < -0.4 is 15.2 Å². The molecule has 1 aromatic rings. The average Bonchev–Trinajstić information content (AvgIpc) is 2.41. The Morgan fingerprint density at radius 2 is 2.00 bits per heavy atom. The highest BCUT2D eigenvalue weighted by atomic mass is 32.2. The molecule has 0 spiro atoms. The Kier molecular flexibility index (Phi) is 4.66. The van der Waals surface area contributed by atoms with Crippen molar-refractivity contribution in [2.75, 3.05) is 24.3 Å². The van der Waals surface area contributed by atoms with E-state index in [0.29, 0.717) is 35.8 Å². The summed E-state index contributed by atoms with van der Waals surface area (Å²) < 4.78 is 43.5. The summed E-state index contributed by atoms with van der Waals surface area (Å²) in [6.45, 7) is 0. The second-order valence-corrected chi connectivity index (χ2v) is 8.06. The molecule has 1 fully saturated rings. The van der Waals surface area contributed by atoms with E-state index in [2.05, 4.69) is 4.72 Å². The fraction of sp³-hybridized carbons (Fsp3) is 0.500. The van der Waals surface area contributed by atoms with Crippen LogP contribution in [0.25, 0.3) is 0 Å². The van der Waals surface area contributed by atoms with Gasteiger partial charge in [-0.2, -0.15) is 0 Å². The van der Waals surface area contributed by atoms with E-state index in [-0.39, 0.29) is 10.9 Å². The van der Waals surface area contributed by atoms with Gasteiger partial charge in [0.1, 0.15) is 5.75 Å². The molecule has 0 aromatic heterocycles. The number of hydrogen-bond donors (Lipinski definition) is 2. The fourth-order valence-electron chi connectivity index (χ4n) is 2.06. The van der Waals surface area contributed by atoms with Crippen molar-refractivity contribution in [2.24, 2.45) is 0 Å². The predicted molar refractivity (Wildman–Crippen MR) is 78.6 cm³/mol. The molecule has 1 heterocycles. The van der Waals surface area contributed by atoms with Crippen molar-refractivity contribution in [3.8, 4) is 5.75 Å². The average molecular weight is 318 g/mol. The van der Waals surface area contributed by atoms with Crippen molar-refractivity contribution < 1.29 is 17.4 Å². The molecule has 3 N–H and O–H groups in total. The zero-order valence-corrected chi connectivity index (χ0v) is 12.8. The van der Waals surface area contributed by atoms with Gasteiger partial charge in [0.05, 0.1) is 17.7 Å². The minimum atomic E-state index is -3.61. The van der Waals surface area contributed by atoms with Crippen LogP contribution in [0.15, 0.2) is 23.1 Å². The first-order valence-corrected chi connectivity index (χ1v) is 9.20. The molecule has 1 aliphatic rings. The Morgan fingerprint density at radius 3 is 2.60 bits per heavy atom. The van der Waals surface area contributed by atoms with E-state index < -0.39 is 20.8 Å². The van der Waals surface area contributed by atoms with Crippen molar-refractivity contribution in [3.05, 3.63) is 18.2 Å². The Balaban J connectivity index is 2.16. The smallest absolute Gasteiger partial charge is 0.240 e. The number of ether oxygens (including phenoxy) is 1. The van der Waals surface area contributed by atoms with Crippen molar-refractivity contribution in [1.29, 1.82) is 0 Å². The highest BCUT2D eigenvalue weighted by molar-refractivity contribution is 7.89. The second-order valence-electron chi connectivity index (χ2n) is 4.65. The van der Waals surface area contributed by atoms with Crippen molar-refractivity contribution in [2.45, 2.75) is 23.8 Å². The van der Waals surface area contributed by atoms with E-state index in [9.17, 15) is 12.6 Å². The summed E-state index contributed by atoms with van der Waals surface area (Å²) in [6, 6.07) is 4.18. The first-order chi connectivity index (χ1) is 9.42. The Hall–Kier alpha value is -1.12. The molecule has 20 heavy (non-hydrogen) atoms. The van der Waals surface area contributed by atoms with Crippen LogP contribution in [0.5, 0.6) is 5.75 Å². The van der Waals surface area contributed by atoms with Gasteiger partial charge in [-0.1, -0.05) is 0 Å². The minimum absolute atomic E-state index is 0.121. The Bertz CT molecular complexity index is 606. The lowest BCUT2D eigenvalue weighted by Crippen LogP contribution is -2.39. The topological polar surface area (TPSA) is 98.5 Å². The number of hydrogen-bond acceptors (Lipinski definition) is 5. The van der Waals surface area contributed by atoms with Gasteiger partial charge in [0.15, 0.2) is 0 Å². The number of benzene rings is 1. The zero-order valence-electron chi connectivity index (χ0n) is 11.2. The maximum Gasteiger partial charge on any atom is 0.240 e. The van der Waals surface area contributed by atoms with E-state index in [1.54, 1.807) is 0 Å². The number of rotatable bonds is 4. The maximum absolute atomic E-state index is 12.3. The van der Waals surface area contributed by atoms with Crippen molar-refractivity contribution in [3.63, 3.8) is 0 Å². The van der Waals surface area contributed by atoms with Crippen LogP contribution in [0.4, 0.5) is 5.69 Å². The van der Waals surface area contributed by atoms with E-state index in [1.807, 2.05) is 0 Å². The molecule has 0 aliphatic carbocycles. The molecular formula is C12H18N2O4S2. The van der Waals surface area contributed by atoms with Crippen LogP contribution in [-0.4, -0.2) is 37.3 Å². The highest BCUT2D eigenvalue weighted by Crippen LogP contribution is 2.25. The van der Waals surface area contributed by atoms with Crippen LogP contribution in [0.1, 0.15) is 12.8 Å².